The van der Waals surface area contributed by atoms with E-state index in [1.165, 1.54) is 12.0 Å². The number of aliphatic hydroxyl groups is 1. The molecule has 0 radical (unpaired) electrons. The molecule has 1 saturated heterocycles. The first kappa shape index (κ1) is 23.2. The lowest BCUT2D eigenvalue weighted by Crippen LogP contribution is -2.59. The number of ether oxygens (including phenoxy) is 2. The van der Waals surface area contributed by atoms with Gasteiger partial charge in [0.15, 0.2) is 0 Å². The summed E-state index contributed by atoms with van der Waals surface area (Å²) < 4.78 is 11.4. The van der Waals surface area contributed by atoms with Crippen molar-refractivity contribution in [1.29, 1.82) is 0 Å². The third kappa shape index (κ3) is 4.90. The smallest absolute Gasteiger partial charge is 0.204 e. The maximum Gasteiger partial charge on any atom is 0.204 e. The molecule has 1 aromatic carbocycles. The van der Waals surface area contributed by atoms with E-state index >= 15 is 0 Å². The molecular weight excluding hydrogens is 430 g/mol. The van der Waals surface area contributed by atoms with E-state index in [-0.39, 0.29) is 17.9 Å². The summed E-state index contributed by atoms with van der Waals surface area (Å²) in [7, 11) is 0. The van der Waals surface area contributed by atoms with Gasteiger partial charge in [0.2, 0.25) is 5.79 Å². The maximum absolute atomic E-state index is 11.3. The van der Waals surface area contributed by atoms with Crippen molar-refractivity contribution in [3.8, 4) is 5.75 Å². The molecule has 6 aliphatic rings. The van der Waals surface area contributed by atoms with E-state index in [1.807, 2.05) is 0 Å². The fourth-order valence-electron chi connectivity index (χ4n) is 7.59. The highest BCUT2D eigenvalue weighted by Gasteiger charge is 2.58. The first-order valence-corrected chi connectivity index (χ1v) is 13.8. The Labute approximate surface area is 203 Å². The predicted octanol–water partition coefficient (Wildman–Crippen LogP) is 4.52. The van der Waals surface area contributed by atoms with Crippen molar-refractivity contribution in [2.24, 2.45) is 23.7 Å². The highest BCUT2D eigenvalue weighted by atomic mass is 17.2. The van der Waals surface area contributed by atoms with Gasteiger partial charge in [-0.3, -0.25) is 4.90 Å². The second-order valence-corrected chi connectivity index (χ2v) is 11.6. The van der Waals surface area contributed by atoms with Gasteiger partial charge >= 0.3 is 0 Å². The Hall–Kier alpha value is -1.18. The SMILES string of the molecule is OC1(OOC2CCC(c3ccc(OCCN4CCOCC4)cc3)CC2)C2CC3CC(C2)CC1C3. The highest BCUT2D eigenvalue weighted by molar-refractivity contribution is 5.29. The Morgan fingerprint density at radius 1 is 0.882 bits per heavy atom. The zero-order valence-electron chi connectivity index (χ0n) is 20.4. The fraction of sp³-hybridized carbons (Fsp3) is 0.786. The first-order chi connectivity index (χ1) is 16.7. The lowest BCUT2D eigenvalue weighted by Gasteiger charge is -2.57. The average molecular weight is 472 g/mol. The predicted molar refractivity (Wildman–Crippen MR) is 128 cm³/mol. The number of hydrogen-bond donors (Lipinski definition) is 1. The van der Waals surface area contributed by atoms with Gasteiger partial charge in [0.25, 0.3) is 0 Å². The molecule has 1 N–H and O–H groups in total. The molecule has 6 nitrogen and oxygen atoms in total. The minimum absolute atomic E-state index is 0.0975. The Morgan fingerprint density at radius 2 is 1.53 bits per heavy atom. The zero-order chi connectivity index (χ0) is 23.0. The molecule has 0 unspecified atom stereocenters. The van der Waals surface area contributed by atoms with E-state index in [9.17, 15) is 5.11 Å². The van der Waals surface area contributed by atoms with Gasteiger partial charge in [-0.25, -0.2) is 9.78 Å². The standard InChI is InChI=1S/C28H41NO5/c30-28(24-16-20-15-21(18-24)19-25(28)17-20)34-33-27-7-3-23(4-8-27)22-1-5-26(6-2-22)32-14-11-29-9-12-31-13-10-29/h1-2,5-6,20-21,23-25,27,30H,3-4,7-19H2. The van der Waals surface area contributed by atoms with Gasteiger partial charge in [-0.1, -0.05) is 12.1 Å². The van der Waals surface area contributed by atoms with Crippen molar-refractivity contribution in [1.82, 2.24) is 4.90 Å². The number of rotatable bonds is 8. The largest absolute Gasteiger partial charge is 0.492 e. The maximum atomic E-state index is 11.3. The molecule has 0 amide bonds. The minimum atomic E-state index is -1.04. The van der Waals surface area contributed by atoms with Crippen molar-refractivity contribution in [3.05, 3.63) is 29.8 Å². The van der Waals surface area contributed by atoms with Crippen LogP contribution in [0.1, 0.15) is 69.3 Å². The van der Waals surface area contributed by atoms with Crippen molar-refractivity contribution < 1.29 is 24.4 Å². The third-order valence-corrected chi connectivity index (χ3v) is 9.43. The Balaban J connectivity index is 0.936. The van der Waals surface area contributed by atoms with Crippen molar-refractivity contribution in [2.75, 3.05) is 39.5 Å². The summed E-state index contributed by atoms with van der Waals surface area (Å²) in [6.07, 6.45) is 10.1. The van der Waals surface area contributed by atoms with Crippen LogP contribution in [0.5, 0.6) is 5.75 Å². The van der Waals surface area contributed by atoms with Gasteiger partial charge in [0.1, 0.15) is 12.4 Å². The molecule has 188 valence electrons. The molecule has 1 heterocycles. The lowest BCUT2D eigenvalue weighted by atomic mass is 9.53. The molecular formula is C28H41NO5. The second-order valence-electron chi connectivity index (χ2n) is 11.6. The molecule has 7 rings (SSSR count). The highest BCUT2D eigenvalue weighted by Crippen LogP contribution is 2.58. The number of morpholine rings is 1. The molecule has 34 heavy (non-hydrogen) atoms. The molecule has 1 aromatic rings. The van der Waals surface area contributed by atoms with Crippen molar-refractivity contribution in [2.45, 2.75) is 75.6 Å². The van der Waals surface area contributed by atoms with Crippen LogP contribution in [0.4, 0.5) is 0 Å². The summed E-state index contributed by atoms with van der Waals surface area (Å²) in [5, 5.41) is 11.3. The van der Waals surface area contributed by atoms with Gasteiger partial charge in [0.05, 0.1) is 19.3 Å². The molecule has 5 saturated carbocycles. The van der Waals surface area contributed by atoms with Crippen LogP contribution in [-0.4, -0.2) is 61.4 Å². The Morgan fingerprint density at radius 3 is 2.18 bits per heavy atom. The summed E-state index contributed by atoms with van der Waals surface area (Å²) in [6.45, 7) is 5.34. The van der Waals surface area contributed by atoms with E-state index < -0.39 is 5.79 Å². The zero-order valence-corrected chi connectivity index (χ0v) is 20.4. The van der Waals surface area contributed by atoms with E-state index in [1.54, 1.807) is 0 Å². The van der Waals surface area contributed by atoms with Gasteiger partial charge < -0.3 is 14.6 Å². The second kappa shape index (κ2) is 10.1. The number of hydrogen-bond acceptors (Lipinski definition) is 6. The van der Waals surface area contributed by atoms with E-state index in [4.69, 9.17) is 19.2 Å². The van der Waals surface area contributed by atoms with Crippen molar-refractivity contribution in [3.63, 3.8) is 0 Å². The quantitative estimate of drug-likeness (QED) is 0.342. The van der Waals surface area contributed by atoms with Crippen LogP contribution in [0.2, 0.25) is 0 Å². The monoisotopic (exact) mass is 471 g/mol. The summed E-state index contributed by atoms with van der Waals surface area (Å²) in [5.41, 5.74) is 1.39. The van der Waals surface area contributed by atoms with Gasteiger partial charge in [-0.15, -0.1) is 0 Å². The Bertz CT molecular complexity index is 772. The summed E-state index contributed by atoms with van der Waals surface area (Å²) in [4.78, 5) is 14.2. The molecule has 0 atom stereocenters. The van der Waals surface area contributed by atoms with Crippen LogP contribution >= 0.6 is 0 Å². The number of benzene rings is 1. The van der Waals surface area contributed by atoms with Crippen molar-refractivity contribution >= 4 is 0 Å². The summed E-state index contributed by atoms with van der Waals surface area (Å²) in [5.74, 6) is 2.64. The average Bonchev–Trinajstić information content (AvgIpc) is 2.87. The molecule has 0 spiro atoms. The van der Waals surface area contributed by atoms with E-state index in [0.29, 0.717) is 5.92 Å². The van der Waals surface area contributed by atoms with E-state index in [0.717, 1.165) is 108 Å². The number of nitrogens with zero attached hydrogens (tertiary/aromatic N) is 1. The summed E-state index contributed by atoms with van der Waals surface area (Å²) >= 11 is 0. The third-order valence-electron chi connectivity index (χ3n) is 9.43. The molecule has 6 heteroatoms. The lowest BCUT2D eigenvalue weighted by molar-refractivity contribution is -0.481. The molecule has 5 aliphatic carbocycles. The van der Waals surface area contributed by atoms with Crippen LogP contribution in [0.15, 0.2) is 24.3 Å². The molecule has 1 aliphatic heterocycles. The van der Waals surface area contributed by atoms with Crippen LogP contribution in [-0.2, 0) is 14.5 Å². The topological polar surface area (TPSA) is 60.4 Å². The van der Waals surface area contributed by atoms with Crippen LogP contribution in [0.3, 0.4) is 0 Å². The van der Waals surface area contributed by atoms with Crippen LogP contribution in [0, 0.1) is 23.7 Å². The van der Waals surface area contributed by atoms with Crippen LogP contribution < -0.4 is 4.74 Å². The van der Waals surface area contributed by atoms with Gasteiger partial charge in [0, 0.05) is 31.5 Å². The van der Waals surface area contributed by atoms with Gasteiger partial charge in [-0.2, -0.15) is 0 Å². The first-order valence-electron chi connectivity index (χ1n) is 13.8. The molecule has 4 bridgehead atoms. The summed E-state index contributed by atoms with van der Waals surface area (Å²) in [6, 6.07) is 8.68. The minimum Gasteiger partial charge on any atom is -0.492 e. The fourth-order valence-corrected chi connectivity index (χ4v) is 7.59. The molecule has 0 aromatic heterocycles. The van der Waals surface area contributed by atoms with Crippen LogP contribution in [0.25, 0.3) is 0 Å². The van der Waals surface area contributed by atoms with E-state index in [2.05, 4.69) is 29.2 Å². The normalized spacial score (nSPS) is 39.9. The Kier molecular flexibility index (Phi) is 6.87. The van der Waals surface area contributed by atoms with Gasteiger partial charge in [-0.05, 0) is 93.2 Å². The molecule has 6 fully saturated rings.